The molecule has 1 N–H and O–H groups in total. The van der Waals surface area contributed by atoms with Gasteiger partial charge in [-0.25, -0.2) is 0 Å². The van der Waals surface area contributed by atoms with Crippen LogP contribution in [-0.2, 0) is 17.9 Å². The van der Waals surface area contributed by atoms with Crippen molar-refractivity contribution < 1.29 is 9.15 Å². The molecule has 0 aromatic carbocycles. The summed E-state index contributed by atoms with van der Waals surface area (Å²) in [7, 11) is 0. The van der Waals surface area contributed by atoms with Crippen molar-refractivity contribution in [3.05, 3.63) is 23.7 Å². The van der Waals surface area contributed by atoms with E-state index in [0.717, 1.165) is 24.8 Å². The van der Waals surface area contributed by atoms with Crippen molar-refractivity contribution in [2.75, 3.05) is 0 Å². The molecule has 1 aromatic rings. The van der Waals surface area contributed by atoms with Crippen molar-refractivity contribution in [1.82, 2.24) is 5.32 Å². The zero-order valence-electron chi connectivity index (χ0n) is 10.2. The minimum atomic E-state index is 0.304. The summed E-state index contributed by atoms with van der Waals surface area (Å²) in [6, 6.07) is 2.83. The Labute approximate surface area is 97.2 Å². The van der Waals surface area contributed by atoms with Crippen molar-refractivity contribution in [2.45, 2.75) is 58.4 Å². The second kappa shape index (κ2) is 5.51. The van der Waals surface area contributed by atoms with E-state index in [-0.39, 0.29) is 0 Å². The van der Waals surface area contributed by atoms with Crippen LogP contribution in [0, 0.1) is 0 Å². The van der Waals surface area contributed by atoms with Gasteiger partial charge in [0.1, 0.15) is 12.4 Å². The number of rotatable bonds is 7. The van der Waals surface area contributed by atoms with Gasteiger partial charge in [-0.3, -0.25) is 0 Å². The fraction of sp³-hybridized carbons (Fsp3) is 0.692. The SMILES string of the molecule is CCC(C)OCc1cc(CNC2CC2)co1. The van der Waals surface area contributed by atoms with E-state index in [1.807, 2.05) is 6.26 Å². The molecule has 90 valence electrons. The van der Waals surface area contributed by atoms with E-state index in [9.17, 15) is 0 Å². The van der Waals surface area contributed by atoms with Crippen molar-refractivity contribution in [3.8, 4) is 0 Å². The van der Waals surface area contributed by atoms with Gasteiger partial charge < -0.3 is 14.5 Å². The fourth-order valence-electron chi connectivity index (χ4n) is 1.49. The molecular weight excluding hydrogens is 202 g/mol. The first-order chi connectivity index (χ1) is 7.78. The molecule has 0 saturated heterocycles. The molecular formula is C13H21NO2. The smallest absolute Gasteiger partial charge is 0.129 e. The van der Waals surface area contributed by atoms with E-state index in [2.05, 4.69) is 25.2 Å². The van der Waals surface area contributed by atoms with Crippen LogP contribution in [0.15, 0.2) is 16.7 Å². The molecule has 0 radical (unpaired) electrons. The summed E-state index contributed by atoms with van der Waals surface area (Å²) in [5, 5.41) is 3.46. The first-order valence-corrected chi connectivity index (χ1v) is 6.19. The highest BCUT2D eigenvalue weighted by atomic mass is 16.5. The van der Waals surface area contributed by atoms with E-state index >= 15 is 0 Å². The molecule has 1 aliphatic rings. The zero-order valence-corrected chi connectivity index (χ0v) is 10.2. The fourth-order valence-corrected chi connectivity index (χ4v) is 1.49. The predicted molar refractivity (Wildman–Crippen MR) is 63.1 cm³/mol. The minimum Gasteiger partial charge on any atom is -0.467 e. The lowest BCUT2D eigenvalue weighted by molar-refractivity contribution is 0.0406. The Balaban J connectivity index is 1.72. The molecule has 1 aromatic heterocycles. The van der Waals surface area contributed by atoms with Crippen LogP contribution in [0.4, 0.5) is 0 Å². The standard InChI is InChI=1S/C13H21NO2/c1-3-10(2)15-9-13-6-11(8-16-13)7-14-12-4-5-12/h6,8,10,12,14H,3-5,7,9H2,1-2H3. The predicted octanol–water partition coefficient (Wildman–Crippen LogP) is 2.85. The summed E-state index contributed by atoms with van der Waals surface area (Å²) in [6.07, 6.45) is 5.81. The van der Waals surface area contributed by atoms with E-state index in [1.54, 1.807) is 0 Å². The molecule has 1 saturated carbocycles. The number of nitrogens with one attached hydrogen (secondary N) is 1. The zero-order chi connectivity index (χ0) is 11.4. The minimum absolute atomic E-state index is 0.304. The van der Waals surface area contributed by atoms with Gasteiger partial charge >= 0.3 is 0 Å². The first-order valence-electron chi connectivity index (χ1n) is 6.19. The van der Waals surface area contributed by atoms with Crippen LogP contribution in [0.3, 0.4) is 0 Å². The second-order valence-corrected chi connectivity index (χ2v) is 4.61. The lowest BCUT2D eigenvalue weighted by atomic mass is 10.3. The van der Waals surface area contributed by atoms with Gasteiger partial charge in [0, 0.05) is 18.2 Å². The third-order valence-electron chi connectivity index (χ3n) is 2.97. The molecule has 1 fully saturated rings. The second-order valence-electron chi connectivity index (χ2n) is 4.61. The van der Waals surface area contributed by atoms with Gasteiger partial charge in [0.2, 0.25) is 0 Å². The van der Waals surface area contributed by atoms with E-state index in [4.69, 9.17) is 9.15 Å². The van der Waals surface area contributed by atoms with Gasteiger partial charge in [0.25, 0.3) is 0 Å². The maximum atomic E-state index is 5.61. The number of hydrogen-bond acceptors (Lipinski definition) is 3. The molecule has 2 rings (SSSR count). The monoisotopic (exact) mass is 223 g/mol. The van der Waals surface area contributed by atoms with Gasteiger partial charge in [0.15, 0.2) is 0 Å². The van der Waals surface area contributed by atoms with Gasteiger partial charge in [0.05, 0.1) is 12.4 Å². The Kier molecular flexibility index (Phi) is 4.02. The third-order valence-corrected chi connectivity index (χ3v) is 2.97. The van der Waals surface area contributed by atoms with Crippen molar-refractivity contribution >= 4 is 0 Å². The topological polar surface area (TPSA) is 34.4 Å². The average Bonchev–Trinajstić information content (AvgIpc) is 3.02. The summed E-state index contributed by atoms with van der Waals surface area (Å²) in [5.74, 6) is 0.924. The van der Waals surface area contributed by atoms with Crippen LogP contribution in [0.25, 0.3) is 0 Å². The molecule has 0 aliphatic heterocycles. The molecule has 1 aliphatic carbocycles. The molecule has 1 unspecified atom stereocenters. The maximum Gasteiger partial charge on any atom is 0.129 e. The van der Waals surface area contributed by atoms with Crippen LogP contribution in [0.1, 0.15) is 44.4 Å². The first kappa shape index (κ1) is 11.7. The van der Waals surface area contributed by atoms with Crippen molar-refractivity contribution in [2.24, 2.45) is 0 Å². The summed E-state index contributed by atoms with van der Waals surface area (Å²) in [5.41, 5.74) is 1.22. The molecule has 0 spiro atoms. The number of hydrogen-bond donors (Lipinski definition) is 1. The van der Waals surface area contributed by atoms with Crippen molar-refractivity contribution in [3.63, 3.8) is 0 Å². The maximum absolute atomic E-state index is 5.61. The highest BCUT2D eigenvalue weighted by molar-refractivity contribution is 5.12. The Bertz CT molecular complexity index is 317. The third kappa shape index (κ3) is 3.65. The van der Waals surface area contributed by atoms with E-state index in [0.29, 0.717) is 12.7 Å². The molecule has 0 bridgehead atoms. The Morgan fingerprint density at radius 1 is 1.56 bits per heavy atom. The number of ether oxygens (including phenoxy) is 1. The molecule has 16 heavy (non-hydrogen) atoms. The summed E-state index contributed by atoms with van der Waals surface area (Å²) >= 11 is 0. The van der Waals surface area contributed by atoms with Crippen LogP contribution < -0.4 is 5.32 Å². The molecule has 0 amide bonds. The van der Waals surface area contributed by atoms with E-state index < -0.39 is 0 Å². The van der Waals surface area contributed by atoms with E-state index in [1.165, 1.54) is 18.4 Å². The van der Waals surface area contributed by atoms with Crippen LogP contribution in [-0.4, -0.2) is 12.1 Å². The summed E-state index contributed by atoms with van der Waals surface area (Å²) in [4.78, 5) is 0. The Morgan fingerprint density at radius 3 is 3.06 bits per heavy atom. The highest BCUT2D eigenvalue weighted by Gasteiger charge is 2.20. The van der Waals surface area contributed by atoms with Gasteiger partial charge in [-0.15, -0.1) is 0 Å². The van der Waals surface area contributed by atoms with Gasteiger partial charge in [-0.05, 0) is 32.3 Å². The summed E-state index contributed by atoms with van der Waals surface area (Å²) in [6.45, 7) is 5.70. The average molecular weight is 223 g/mol. The molecule has 3 heteroatoms. The lowest BCUT2D eigenvalue weighted by Gasteiger charge is -2.07. The molecule has 1 atom stereocenters. The number of furan rings is 1. The highest BCUT2D eigenvalue weighted by Crippen LogP contribution is 2.19. The normalized spacial score (nSPS) is 17.6. The van der Waals surface area contributed by atoms with Gasteiger partial charge in [-0.1, -0.05) is 6.92 Å². The molecule has 3 nitrogen and oxygen atoms in total. The Hall–Kier alpha value is -0.800. The molecule has 1 heterocycles. The largest absolute Gasteiger partial charge is 0.467 e. The summed E-state index contributed by atoms with van der Waals surface area (Å²) < 4.78 is 11.1. The van der Waals surface area contributed by atoms with Crippen LogP contribution in [0.5, 0.6) is 0 Å². The van der Waals surface area contributed by atoms with Gasteiger partial charge in [-0.2, -0.15) is 0 Å². The van der Waals surface area contributed by atoms with Crippen molar-refractivity contribution in [1.29, 1.82) is 0 Å². The van der Waals surface area contributed by atoms with Crippen LogP contribution >= 0.6 is 0 Å². The quantitative estimate of drug-likeness (QED) is 0.772. The lowest BCUT2D eigenvalue weighted by Crippen LogP contribution is -2.14. The Morgan fingerprint density at radius 2 is 2.38 bits per heavy atom. The van der Waals surface area contributed by atoms with Crippen LogP contribution in [0.2, 0.25) is 0 Å².